The van der Waals surface area contributed by atoms with Crippen molar-refractivity contribution in [3.8, 4) is 0 Å². The van der Waals surface area contributed by atoms with Crippen molar-refractivity contribution in [1.82, 2.24) is 19.9 Å². The molecule has 1 saturated heterocycles. The maximum absolute atomic E-state index is 14.1. The van der Waals surface area contributed by atoms with Crippen LogP contribution in [0.5, 0.6) is 0 Å². The van der Waals surface area contributed by atoms with Crippen molar-refractivity contribution in [2.24, 2.45) is 0 Å². The van der Waals surface area contributed by atoms with E-state index in [2.05, 4.69) is 33.7 Å². The summed E-state index contributed by atoms with van der Waals surface area (Å²) in [7, 11) is 0. The van der Waals surface area contributed by atoms with Crippen molar-refractivity contribution in [2.45, 2.75) is 39.2 Å². The molecule has 8 nitrogen and oxygen atoms in total. The number of urea groups is 1. The quantitative estimate of drug-likeness (QED) is 0.642. The third-order valence-corrected chi connectivity index (χ3v) is 5.86. The van der Waals surface area contributed by atoms with E-state index >= 15 is 0 Å². The van der Waals surface area contributed by atoms with Crippen molar-refractivity contribution >= 4 is 29.0 Å². The fraction of sp³-hybridized carbons (Fsp3) is 0.348. The van der Waals surface area contributed by atoms with Gasteiger partial charge in [0, 0.05) is 37.4 Å². The first kappa shape index (κ1) is 19.4. The molecule has 158 valence electrons. The van der Waals surface area contributed by atoms with E-state index in [0.717, 1.165) is 36.6 Å². The molecule has 2 bridgehead atoms. The van der Waals surface area contributed by atoms with Gasteiger partial charge in [-0.15, -0.1) is 0 Å². The molecule has 0 radical (unpaired) electrons. The summed E-state index contributed by atoms with van der Waals surface area (Å²) in [5, 5.41) is 0. The topological polar surface area (TPSA) is 78.4 Å². The lowest BCUT2D eigenvalue weighted by molar-refractivity contribution is 0.251. The van der Waals surface area contributed by atoms with Gasteiger partial charge in [-0.2, -0.15) is 0 Å². The molecule has 0 spiro atoms. The highest BCUT2D eigenvalue weighted by Crippen LogP contribution is 2.40. The average Bonchev–Trinajstić information content (AvgIpc) is 3.19. The van der Waals surface area contributed by atoms with Crippen LogP contribution in [-0.4, -0.2) is 45.1 Å². The zero-order valence-corrected chi connectivity index (χ0v) is 17.9. The molecule has 2 aliphatic heterocycles. The predicted octanol–water partition coefficient (Wildman–Crippen LogP) is 4.06. The largest absolute Gasteiger partial charge is 0.366 e. The number of anilines is 4. The van der Waals surface area contributed by atoms with Crippen LogP contribution in [0.15, 0.2) is 49.1 Å². The standard InChI is InChI=1S/C23H25N7O/c1-15(2)19-12-24-13-21(27-19)29(17-6-9-25-16(3)11-17)23(31)30-18-7-10-28(14-18)20-5-4-8-26-22(20)30/h4-6,8-9,11-13,15,18H,7,10,14H2,1-3H3/t18-/m0/s1. The summed E-state index contributed by atoms with van der Waals surface area (Å²) in [5.41, 5.74) is 3.38. The number of carbonyl (C=O) groups excluding carboxylic acids is 1. The van der Waals surface area contributed by atoms with E-state index < -0.39 is 0 Å². The highest BCUT2D eigenvalue weighted by Gasteiger charge is 2.42. The SMILES string of the molecule is Cc1cc(N(C(=O)N2c3ncccc3N3CC[C@H]2C3)c2cncc(C(C)C)n2)ccn1. The third kappa shape index (κ3) is 3.37. The minimum absolute atomic E-state index is 0.0709. The Morgan fingerprint density at radius 3 is 2.87 bits per heavy atom. The number of nitrogens with zero attached hydrogens (tertiary/aromatic N) is 7. The molecular formula is C23H25N7O. The van der Waals surface area contributed by atoms with Crippen LogP contribution in [0.1, 0.15) is 37.6 Å². The molecule has 31 heavy (non-hydrogen) atoms. The second-order valence-electron chi connectivity index (χ2n) is 8.33. The lowest BCUT2D eigenvalue weighted by Gasteiger charge is -2.38. The number of hydrogen-bond acceptors (Lipinski definition) is 6. The summed E-state index contributed by atoms with van der Waals surface area (Å²) in [6, 6.07) is 7.57. The molecule has 0 saturated carbocycles. The average molecular weight is 416 g/mol. The Labute approximate surface area is 181 Å². The highest BCUT2D eigenvalue weighted by molar-refractivity contribution is 6.09. The number of rotatable bonds is 3. The van der Waals surface area contributed by atoms with E-state index in [-0.39, 0.29) is 18.0 Å². The van der Waals surface area contributed by atoms with Crippen LogP contribution in [0.3, 0.4) is 0 Å². The minimum Gasteiger partial charge on any atom is -0.366 e. The first-order chi connectivity index (χ1) is 15.0. The second kappa shape index (κ2) is 7.61. The van der Waals surface area contributed by atoms with Gasteiger partial charge < -0.3 is 4.90 Å². The highest BCUT2D eigenvalue weighted by atomic mass is 16.2. The molecule has 2 aliphatic rings. The van der Waals surface area contributed by atoms with Gasteiger partial charge in [-0.05, 0) is 43.5 Å². The number of aryl methyl sites for hydroxylation is 1. The molecule has 0 N–H and O–H groups in total. The molecule has 5 rings (SSSR count). The Morgan fingerprint density at radius 1 is 1.19 bits per heavy atom. The van der Waals surface area contributed by atoms with Gasteiger partial charge >= 0.3 is 6.03 Å². The fourth-order valence-corrected chi connectivity index (χ4v) is 4.29. The van der Waals surface area contributed by atoms with Crippen molar-refractivity contribution in [1.29, 1.82) is 0 Å². The number of aromatic nitrogens is 4. The van der Waals surface area contributed by atoms with Crippen molar-refractivity contribution in [3.05, 3.63) is 60.4 Å². The van der Waals surface area contributed by atoms with Crippen LogP contribution in [0, 0.1) is 6.92 Å². The van der Waals surface area contributed by atoms with Crippen LogP contribution in [0.25, 0.3) is 0 Å². The molecule has 8 heteroatoms. The van der Waals surface area contributed by atoms with Crippen LogP contribution < -0.4 is 14.7 Å². The van der Waals surface area contributed by atoms with E-state index in [4.69, 9.17) is 4.98 Å². The number of pyridine rings is 2. The van der Waals surface area contributed by atoms with Gasteiger partial charge in [0.1, 0.15) is 0 Å². The normalized spacial score (nSPS) is 17.1. The first-order valence-electron chi connectivity index (χ1n) is 10.6. The monoisotopic (exact) mass is 415 g/mol. The summed E-state index contributed by atoms with van der Waals surface area (Å²) >= 11 is 0. The zero-order chi connectivity index (χ0) is 21.5. The fourth-order valence-electron chi connectivity index (χ4n) is 4.29. The van der Waals surface area contributed by atoms with Crippen LogP contribution in [0.2, 0.25) is 0 Å². The Morgan fingerprint density at radius 2 is 2.06 bits per heavy atom. The van der Waals surface area contributed by atoms with E-state index in [1.54, 1.807) is 29.7 Å². The first-order valence-corrected chi connectivity index (χ1v) is 10.6. The Bertz CT molecular complexity index is 1130. The number of fused-ring (bicyclic) bond motifs is 4. The second-order valence-corrected chi connectivity index (χ2v) is 8.33. The molecule has 3 aromatic heterocycles. The van der Waals surface area contributed by atoms with E-state index in [9.17, 15) is 4.79 Å². The molecule has 3 aromatic rings. The maximum atomic E-state index is 14.1. The minimum atomic E-state index is -0.174. The summed E-state index contributed by atoms with van der Waals surface area (Å²) in [5.74, 6) is 1.40. The molecule has 0 aliphatic carbocycles. The van der Waals surface area contributed by atoms with Gasteiger partial charge in [-0.3, -0.25) is 14.9 Å². The lowest BCUT2D eigenvalue weighted by atomic mass is 10.1. The lowest BCUT2D eigenvalue weighted by Crippen LogP contribution is -2.51. The summed E-state index contributed by atoms with van der Waals surface area (Å²) in [4.78, 5) is 38.0. The smallest absolute Gasteiger partial charge is 0.336 e. The molecule has 1 atom stereocenters. The predicted molar refractivity (Wildman–Crippen MR) is 120 cm³/mol. The Balaban J connectivity index is 1.64. The van der Waals surface area contributed by atoms with Crippen molar-refractivity contribution in [3.63, 3.8) is 0 Å². The third-order valence-electron chi connectivity index (χ3n) is 5.86. The van der Waals surface area contributed by atoms with Crippen molar-refractivity contribution in [2.75, 3.05) is 27.8 Å². The van der Waals surface area contributed by atoms with Gasteiger partial charge in [0.25, 0.3) is 0 Å². The zero-order valence-electron chi connectivity index (χ0n) is 17.9. The summed E-state index contributed by atoms with van der Waals surface area (Å²) in [6.45, 7) is 7.77. The summed E-state index contributed by atoms with van der Waals surface area (Å²) in [6.07, 6.45) is 7.75. The number of carbonyl (C=O) groups is 1. The Kier molecular flexibility index (Phi) is 4.77. The van der Waals surface area contributed by atoms with E-state index in [0.29, 0.717) is 17.3 Å². The number of hydrogen-bond donors (Lipinski definition) is 0. The van der Waals surface area contributed by atoms with Gasteiger partial charge in [0.05, 0.1) is 29.3 Å². The van der Waals surface area contributed by atoms with Gasteiger partial charge in [0.15, 0.2) is 11.6 Å². The van der Waals surface area contributed by atoms with E-state index in [1.807, 2.05) is 36.1 Å². The summed E-state index contributed by atoms with van der Waals surface area (Å²) < 4.78 is 0. The molecule has 5 heterocycles. The molecule has 0 unspecified atom stereocenters. The van der Waals surface area contributed by atoms with Crippen LogP contribution in [0.4, 0.5) is 27.8 Å². The Hall–Kier alpha value is -3.55. The van der Waals surface area contributed by atoms with Crippen LogP contribution >= 0.6 is 0 Å². The van der Waals surface area contributed by atoms with E-state index in [1.165, 1.54) is 0 Å². The molecular weight excluding hydrogens is 390 g/mol. The van der Waals surface area contributed by atoms with Gasteiger partial charge in [-0.25, -0.2) is 19.7 Å². The number of amides is 2. The molecule has 0 aromatic carbocycles. The van der Waals surface area contributed by atoms with Gasteiger partial charge in [0.2, 0.25) is 0 Å². The van der Waals surface area contributed by atoms with Crippen LogP contribution in [-0.2, 0) is 0 Å². The molecule has 1 fully saturated rings. The molecule has 2 amide bonds. The van der Waals surface area contributed by atoms with Crippen molar-refractivity contribution < 1.29 is 4.79 Å². The van der Waals surface area contributed by atoms with Gasteiger partial charge in [-0.1, -0.05) is 13.8 Å². The maximum Gasteiger partial charge on any atom is 0.336 e.